The van der Waals surface area contributed by atoms with Crippen molar-refractivity contribution < 1.29 is 5.11 Å². The second kappa shape index (κ2) is 3.42. The highest BCUT2D eigenvalue weighted by Gasteiger charge is 2.08. The zero-order valence-electron chi connectivity index (χ0n) is 4.83. The van der Waals surface area contributed by atoms with Crippen molar-refractivity contribution in [2.24, 2.45) is 11.7 Å². The molecule has 3 N–H and O–H groups in total. The SMILES string of the molecule is CC(C#N)C(N)CO. The van der Waals surface area contributed by atoms with Crippen LogP contribution in [0.15, 0.2) is 0 Å². The molecule has 0 saturated heterocycles. The van der Waals surface area contributed by atoms with Crippen LogP contribution in [0.2, 0.25) is 0 Å². The van der Waals surface area contributed by atoms with Crippen molar-refractivity contribution in [2.75, 3.05) is 6.61 Å². The van der Waals surface area contributed by atoms with Gasteiger partial charge in [-0.25, -0.2) is 0 Å². The van der Waals surface area contributed by atoms with Crippen molar-refractivity contribution in [3.8, 4) is 6.07 Å². The first-order valence-electron chi connectivity index (χ1n) is 2.48. The Kier molecular flexibility index (Phi) is 3.16. The summed E-state index contributed by atoms with van der Waals surface area (Å²) in [6.07, 6.45) is 0. The summed E-state index contributed by atoms with van der Waals surface area (Å²) in [7, 11) is 0. The van der Waals surface area contributed by atoms with E-state index < -0.39 is 0 Å². The second-order valence-corrected chi connectivity index (χ2v) is 1.76. The summed E-state index contributed by atoms with van der Waals surface area (Å²) in [5, 5.41) is 16.6. The van der Waals surface area contributed by atoms with Gasteiger partial charge < -0.3 is 10.8 Å². The Labute approximate surface area is 48.7 Å². The van der Waals surface area contributed by atoms with Crippen molar-refractivity contribution >= 4 is 0 Å². The largest absolute Gasteiger partial charge is 0.395 e. The molecule has 0 fully saturated rings. The smallest absolute Gasteiger partial charge is 0.0670 e. The average molecular weight is 114 g/mol. The molecule has 0 radical (unpaired) electrons. The molecule has 8 heavy (non-hydrogen) atoms. The van der Waals surface area contributed by atoms with Crippen LogP contribution in [0.25, 0.3) is 0 Å². The highest BCUT2D eigenvalue weighted by atomic mass is 16.3. The van der Waals surface area contributed by atoms with Crippen molar-refractivity contribution in [1.82, 2.24) is 0 Å². The maximum atomic E-state index is 8.36. The highest BCUT2D eigenvalue weighted by Crippen LogP contribution is 1.95. The molecule has 2 atom stereocenters. The normalized spacial score (nSPS) is 16.8. The Hall–Kier alpha value is -0.590. The zero-order valence-corrected chi connectivity index (χ0v) is 4.83. The van der Waals surface area contributed by atoms with Crippen LogP contribution in [0.3, 0.4) is 0 Å². The number of aliphatic hydroxyl groups excluding tert-OH is 1. The second-order valence-electron chi connectivity index (χ2n) is 1.76. The van der Waals surface area contributed by atoms with Crippen LogP contribution in [0.1, 0.15) is 6.92 Å². The predicted octanol–water partition coefficient (Wildman–Crippen LogP) is -0.534. The van der Waals surface area contributed by atoms with E-state index in [0.29, 0.717) is 0 Å². The molecule has 0 rings (SSSR count). The van der Waals surface area contributed by atoms with Gasteiger partial charge in [0.25, 0.3) is 0 Å². The fourth-order valence-electron chi connectivity index (χ4n) is 0.254. The van der Waals surface area contributed by atoms with Gasteiger partial charge in [-0.1, -0.05) is 0 Å². The van der Waals surface area contributed by atoms with Gasteiger partial charge in [-0.3, -0.25) is 0 Å². The van der Waals surface area contributed by atoms with Gasteiger partial charge in [0.15, 0.2) is 0 Å². The summed E-state index contributed by atoms with van der Waals surface area (Å²) >= 11 is 0. The first-order chi connectivity index (χ1) is 3.72. The Morgan fingerprint density at radius 1 is 1.88 bits per heavy atom. The number of nitriles is 1. The molecule has 3 heteroatoms. The van der Waals surface area contributed by atoms with Crippen LogP contribution in [-0.2, 0) is 0 Å². The lowest BCUT2D eigenvalue weighted by molar-refractivity contribution is 0.248. The Morgan fingerprint density at radius 3 is 2.50 bits per heavy atom. The number of aliphatic hydroxyl groups is 1. The first kappa shape index (κ1) is 7.41. The minimum atomic E-state index is -0.389. The monoisotopic (exact) mass is 114 g/mol. The zero-order chi connectivity index (χ0) is 6.57. The maximum absolute atomic E-state index is 8.36. The molecule has 2 unspecified atom stereocenters. The molecule has 0 aliphatic carbocycles. The standard InChI is InChI=1S/C5H10N2O/c1-4(2-6)5(7)3-8/h4-5,8H,3,7H2,1H3. The van der Waals surface area contributed by atoms with E-state index in [9.17, 15) is 0 Å². The van der Waals surface area contributed by atoms with Gasteiger partial charge in [-0.2, -0.15) is 5.26 Å². The van der Waals surface area contributed by atoms with E-state index in [-0.39, 0.29) is 18.6 Å². The van der Waals surface area contributed by atoms with Crippen LogP contribution in [0.4, 0.5) is 0 Å². The average Bonchev–Trinajstić information content (AvgIpc) is 1.84. The summed E-state index contributed by atoms with van der Waals surface area (Å²) in [6.45, 7) is 1.57. The molecular weight excluding hydrogens is 104 g/mol. The van der Waals surface area contributed by atoms with Gasteiger partial charge in [-0.15, -0.1) is 0 Å². The van der Waals surface area contributed by atoms with E-state index in [1.807, 2.05) is 6.07 Å². The molecule has 0 spiro atoms. The lowest BCUT2D eigenvalue weighted by Crippen LogP contribution is -2.30. The molecule has 0 aromatic carbocycles. The minimum Gasteiger partial charge on any atom is -0.395 e. The lowest BCUT2D eigenvalue weighted by Gasteiger charge is -2.07. The predicted molar refractivity (Wildman–Crippen MR) is 29.8 cm³/mol. The third-order valence-corrected chi connectivity index (χ3v) is 1.06. The van der Waals surface area contributed by atoms with Crippen LogP contribution < -0.4 is 5.73 Å². The van der Waals surface area contributed by atoms with Crippen LogP contribution in [-0.4, -0.2) is 17.8 Å². The van der Waals surface area contributed by atoms with E-state index in [2.05, 4.69) is 0 Å². The van der Waals surface area contributed by atoms with Crippen LogP contribution in [0, 0.1) is 17.2 Å². The molecule has 3 nitrogen and oxygen atoms in total. The fraction of sp³-hybridized carbons (Fsp3) is 0.800. The molecule has 0 amide bonds. The summed E-state index contributed by atoms with van der Waals surface area (Å²) in [5.74, 6) is -0.250. The summed E-state index contributed by atoms with van der Waals surface area (Å²) < 4.78 is 0. The van der Waals surface area contributed by atoms with Gasteiger partial charge in [0.05, 0.1) is 18.6 Å². The summed E-state index contributed by atoms with van der Waals surface area (Å²) in [5.41, 5.74) is 5.25. The molecule has 0 aliphatic rings. The third kappa shape index (κ3) is 1.92. The molecular formula is C5H10N2O. The number of hydrogen-bond acceptors (Lipinski definition) is 3. The minimum absolute atomic E-state index is 0.116. The van der Waals surface area contributed by atoms with Gasteiger partial charge in [-0.05, 0) is 6.92 Å². The van der Waals surface area contributed by atoms with Crippen molar-refractivity contribution in [1.29, 1.82) is 5.26 Å². The molecule has 0 bridgehead atoms. The quantitative estimate of drug-likeness (QED) is 0.506. The van der Waals surface area contributed by atoms with Crippen molar-refractivity contribution in [3.63, 3.8) is 0 Å². The van der Waals surface area contributed by atoms with Gasteiger partial charge in [0.2, 0.25) is 0 Å². The molecule has 0 saturated carbocycles. The van der Waals surface area contributed by atoms with Crippen molar-refractivity contribution in [3.05, 3.63) is 0 Å². The number of hydrogen-bond donors (Lipinski definition) is 2. The van der Waals surface area contributed by atoms with Gasteiger partial charge in [0.1, 0.15) is 0 Å². The van der Waals surface area contributed by atoms with Crippen molar-refractivity contribution in [2.45, 2.75) is 13.0 Å². The molecule has 0 heterocycles. The molecule has 0 aromatic heterocycles. The van der Waals surface area contributed by atoms with Crippen LogP contribution >= 0.6 is 0 Å². The van der Waals surface area contributed by atoms with E-state index in [0.717, 1.165) is 0 Å². The Bertz CT molecular complexity index is 97.1. The first-order valence-corrected chi connectivity index (χ1v) is 2.48. The maximum Gasteiger partial charge on any atom is 0.0670 e. The van der Waals surface area contributed by atoms with E-state index in [1.165, 1.54) is 0 Å². The van der Waals surface area contributed by atoms with Gasteiger partial charge in [0, 0.05) is 6.04 Å². The fourth-order valence-corrected chi connectivity index (χ4v) is 0.254. The number of nitrogens with zero attached hydrogens (tertiary/aromatic N) is 1. The van der Waals surface area contributed by atoms with E-state index in [1.54, 1.807) is 6.92 Å². The van der Waals surface area contributed by atoms with E-state index in [4.69, 9.17) is 16.1 Å². The third-order valence-electron chi connectivity index (χ3n) is 1.06. The van der Waals surface area contributed by atoms with E-state index >= 15 is 0 Å². The lowest BCUT2D eigenvalue weighted by atomic mass is 10.1. The molecule has 46 valence electrons. The van der Waals surface area contributed by atoms with Crippen LogP contribution in [0.5, 0.6) is 0 Å². The molecule has 0 aliphatic heterocycles. The number of nitrogens with two attached hydrogens (primary N) is 1. The summed E-state index contributed by atoms with van der Waals surface area (Å²) in [6, 6.07) is 1.54. The number of rotatable bonds is 2. The van der Waals surface area contributed by atoms with Gasteiger partial charge >= 0.3 is 0 Å². The highest BCUT2D eigenvalue weighted by molar-refractivity contribution is 4.86. The topological polar surface area (TPSA) is 70.0 Å². The summed E-state index contributed by atoms with van der Waals surface area (Å²) in [4.78, 5) is 0. The Morgan fingerprint density at radius 2 is 2.38 bits per heavy atom. The molecule has 0 aromatic rings. The Balaban J connectivity index is 3.49.